The van der Waals surface area contributed by atoms with E-state index in [1.807, 2.05) is 62.4 Å². The number of Topliss-reactive ketones (excluding diaryl/α,β-unsaturated/α-hetero) is 1. The number of amides is 1. The fourth-order valence-electron chi connectivity index (χ4n) is 4.15. The summed E-state index contributed by atoms with van der Waals surface area (Å²) >= 11 is 0. The molecule has 0 saturated carbocycles. The molecule has 0 fully saturated rings. The molecular weight excluding hydrogens is 617 g/mol. The van der Waals surface area contributed by atoms with E-state index in [-0.39, 0.29) is 30.9 Å². The van der Waals surface area contributed by atoms with Crippen molar-refractivity contribution in [3.8, 4) is 11.5 Å². The summed E-state index contributed by atoms with van der Waals surface area (Å²) in [6, 6.07) is 24.7. The second-order valence-corrected chi connectivity index (χ2v) is 11.6. The molecule has 262 valence electrons. The predicted molar refractivity (Wildman–Crippen MR) is 189 cm³/mol. The lowest BCUT2D eigenvalue weighted by atomic mass is 10.1. The van der Waals surface area contributed by atoms with Crippen LogP contribution in [-0.4, -0.2) is 30.7 Å². The summed E-state index contributed by atoms with van der Waals surface area (Å²) in [5.74, 6) is 1.38. The minimum absolute atomic E-state index is 0.0406. The second-order valence-electron chi connectivity index (χ2n) is 11.6. The van der Waals surface area contributed by atoms with Crippen LogP contribution in [0.1, 0.15) is 78.9 Å². The largest absolute Gasteiger partial charge is 0.457 e. The fraction of sp³-hybridized carbons (Fsp3) is 0.385. The summed E-state index contributed by atoms with van der Waals surface area (Å²) in [4.78, 5) is 26.0. The fourth-order valence-corrected chi connectivity index (χ4v) is 4.15. The highest BCUT2D eigenvalue weighted by Crippen LogP contribution is 2.30. The maximum atomic E-state index is 13.4. The summed E-state index contributed by atoms with van der Waals surface area (Å²) in [6.45, 7) is 14.9. The molecule has 1 N–H and O–H groups in total. The van der Waals surface area contributed by atoms with E-state index < -0.39 is 23.4 Å². The summed E-state index contributed by atoms with van der Waals surface area (Å²) in [7, 11) is 1.56. The number of carbonyl (C=O) groups is 2. The number of rotatable bonds is 11. The van der Waals surface area contributed by atoms with Gasteiger partial charge in [-0.3, -0.25) is 4.79 Å². The Bertz CT molecular complexity index is 1480. The first-order valence-corrected chi connectivity index (χ1v) is 16.2. The molecular formula is C39H51F3N2O4. The van der Waals surface area contributed by atoms with Crippen LogP contribution >= 0.6 is 0 Å². The maximum absolute atomic E-state index is 13.4. The number of hydrogen-bond acceptors (Lipinski definition) is 5. The van der Waals surface area contributed by atoms with Crippen LogP contribution in [0.2, 0.25) is 0 Å². The number of ether oxygens (including phenoxy) is 2. The zero-order valence-electron chi connectivity index (χ0n) is 29.7. The van der Waals surface area contributed by atoms with Crippen LogP contribution < -0.4 is 15.0 Å². The highest BCUT2D eigenvalue weighted by atomic mass is 19.4. The number of allylic oxidation sites excluding steroid dienone is 4. The Morgan fingerprint density at radius 1 is 0.875 bits per heavy atom. The molecule has 0 aliphatic carbocycles. The molecule has 0 heterocycles. The molecule has 0 bridgehead atoms. The number of nitrogens with zero attached hydrogens (tertiary/aromatic N) is 1. The van der Waals surface area contributed by atoms with Crippen LogP contribution in [0.15, 0.2) is 102 Å². The van der Waals surface area contributed by atoms with Crippen molar-refractivity contribution in [2.45, 2.75) is 93.0 Å². The molecule has 0 aliphatic heterocycles. The van der Waals surface area contributed by atoms with Gasteiger partial charge in [0.05, 0.1) is 11.3 Å². The average molecular weight is 669 g/mol. The number of hydrogen-bond donors (Lipinski definition) is 1. The summed E-state index contributed by atoms with van der Waals surface area (Å²) in [5.41, 5.74) is 0.923. The molecule has 48 heavy (non-hydrogen) atoms. The van der Waals surface area contributed by atoms with Crippen molar-refractivity contribution in [2.75, 3.05) is 11.9 Å². The van der Waals surface area contributed by atoms with Crippen LogP contribution in [0, 0.1) is 6.92 Å². The van der Waals surface area contributed by atoms with Gasteiger partial charge in [-0.05, 0) is 94.1 Å². The molecule has 3 aromatic rings. The smallest absolute Gasteiger partial charge is 0.416 e. The van der Waals surface area contributed by atoms with Gasteiger partial charge in [-0.25, -0.2) is 4.79 Å². The van der Waals surface area contributed by atoms with Crippen molar-refractivity contribution in [3.63, 3.8) is 0 Å². The van der Waals surface area contributed by atoms with Crippen LogP contribution in [0.25, 0.3) is 0 Å². The first kappa shape index (κ1) is 41.5. The standard InChI is InChI=1S/C24H33F3N2O3.C13H12O.C2H6/c1-7-10-18(24(25,26)27)15-20(21(30)11-8-2)29(6)19-13-9-12-17(14-19)16-28-22(31)32-23(3,4)5;1-11-6-5-9-13(10-11)14-12-7-3-2-4-8-12;1-2/h9-10,12-15H,7-8,11,16H2,1-6H3,(H,28,31);2-10H,1H3;1-2H3/b18-10-,20-15-;;. The van der Waals surface area contributed by atoms with Crippen LogP contribution in [-0.2, 0) is 16.1 Å². The first-order valence-electron chi connectivity index (χ1n) is 16.2. The number of anilines is 1. The Labute approximate surface area is 284 Å². The molecule has 0 spiro atoms. The molecule has 3 rings (SSSR count). The van der Waals surface area contributed by atoms with Gasteiger partial charge in [-0.1, -0.05) is 76.2 Å². The van der Waals surface area contributed by atoms with Gasteiger partial charge in [0, 0.05) is 25.7 Å². The van der Waals surface area contributed by atoms with Gasteiger partial charge in [0.15, 0.2) is 5.78 Å². The summed E-state index contributed by atoms with van der Waals surface area (Å²) in [5, 5.41) is 2.64. The third-order valence-corrected chi connectivity index (χ3v) is 6.27. The van der Waals surface area contributed by atoms with Gasteiger partial charge in [0.25, 0.3) is 0 Å². The molecule has 0 saturated heterocycles. The number of aryl methyl sites for hydroxylation is 1. The Balaban J connectivity index is 0.000000591. The topological polar surface area (TPSA) is 67.9 Å². The quantitative estimate of drug-likeness (QED) is 0.163. The van der Waals surface area contributed by atoms with E-state index in [1.54, 1.807) is 65.9 Å². The van der Waals surface area contributed by atoms with Gasteiger partial charge < -0.3 is 19.7 Å². The highest BCUT2D eigenvalue weighted by molar-refractivity contribution is 5.99. The number of ketones is 1. The molecule has 9 heteroatoms. The Morgan fingerprint density at radius 2 is 1.50 bits per heavy atom. The third kappa shape index (κ3) is 15.8. The number of likely N-dealkylation sites (N-methyl/N-ethyl adjacent to an activating group) is 1. The van der Waals surface area contributed by atoms with Crippen molar-refractivity contribution < 1.29 is 32.2 Å². The SMILES string of the molecule is CC.CC/C=C(/C=C(/C(=O)CCC)N(C)c1cccc(CNC(=O)OC(C)(C)C)c1)C(F)(F)F.Cc1cccc(Oc2ccccc2)c1. The number of nitrogens with one attached hydrogen (secondary N) is 1. The van der Waals surface area contributed by atoms with E-state index >= 15 is 0 Å². The molecule has 1 amide bonds. The minimum atomic E-state index is -4.56. The zero-order chi connectivity index (χ0) is 36.3. The normalized spacial score (nSPS) is 11.7. The molecule has 0 atom stereocenters. The van der Waals surface area contributed by atoms with Crippen LogP contribution in [0.4, 0.5) is 23.7 Å². The Kier molecular flexibility index (Phi) is 17.9. The number of halogens is 3. The Morgan fingerprint density at radius 3 is 2.06 bits per heavy atom. The number of carbonyl (C=O) groups excluding carboxylic acids is 2. The molecule has 0 aromatic heterocycles. The lowest BCUT2D eigenvalue weighted by Gasteiger charge is -2.24. The van der Waals surface area contributed by atoms with E-state index in [2.05, 4.69) is 18.3 Å². The number of alkyl halides is 3. The minimum Gasteiger partial charge on any atom is -0.457 e. The van der Waals surface area contributed by atoms with E-state index in [0.717, 1.165) is 23.7 Å². The van der Waals surface area contributed by atoms with Crippen molar-refractivity contribution in [1.82, 2.24) is 5.32 Å². The van der Waals surface area contributed by atoms with Gasteiger partial charge in [0.1, 0.15) is 17.1 Å². The number of benzene rings is 3. The lowest BCUT2D eigenvalue weighted by molar-refractivity contribution is -0.115. The van der Waals surface area contributed by atoms with Gasteiger partial charge in [0.2, 0.25) is 0 Å². The van der Waals surface area contributed by atoms with Crippen LogP contribution in [0.5, 0.6) is 11.5 Å². The van der Waals surface area contributed by atoms with Gasteiger partial charge >= 0.3 is 12.3 Å². The molecule has 0 unspecified atom stereocenters. The number of para-hydroxylation sites is 1. The molecule has 6 nitrogen and oxygen atoms in total. The van der Waals surface area contributed by atoms with Gasteiger partial charge in [-0.2, -0.15) is 13.2 Å². The first-order chi connectivity index (χ1) is 22.6. The van der Waals surface area contributed by atoms with Crippen LogP contribution in [0.3, 0.4) is 0 Å². The summed E-state index contributed by atoms with van der Waals surface area (Å²) in [6.07, 6.45) is -2.32. The van der Waals surface area contributed by atoms with Crippen molar-refractivity contribution in [2.24, 2.45) is 0 Å². The van der Waals surface area contributed by atoms with Crippen molar-refractivity contribution in [3.05, 3.63) is 113 Å². The van der Waals surface area contributed by atoms with E-state index in [9.17, 15) is 22.8 Å². The predicted octanol–water partition coefficient (Wildman–Crippen LogP) is 11.1. The van der Waals surface area contributed by atoms with E-state index in [0.29, 0.717) is 17.7 Å². The summed E-state index contributed by atoms with van der Waals surface area (Å²) < 4.78 is 51.2. The van der Waals surface area contributed by atoms with Gasteiger partial charge in [-0.15, -0.1) is 0 Å². The maximum Gasteiger partial charge on any atom is 0.416 e. The highest BCUT2D eigenvalue weighted by Gasteiger charge is 2.33. The monoisotopic (exact) mass is 668 g/mol. The van der Waals surface area contributed by atoms with E-state index in [1.165, 1.54) is 10.5 Å². The third-order valence-electron chi connectivity index (χ3n) is 6.27. The Hall–Kier alpha value is -4.53. The molecule has 3 aromatic carbocycles. The molecule has 0 aliphatic rings. The van der Waals surface area contributed by atoms with Crippen molar-refractivity contribution in [1.29, 1.82) is 0 Å². The van der Waals surface area contributed by atoms with E-state index in [4.69, 9.17) is 9.47 Å². The second kappa shape index (κ2) is 20.7. The van der Waals surface area contributed by atoms with Crippen molar-refractivity contribution >= 4 is 17.6 Å². The molecule has 0 radical (unpaired) electrons. The lowest BCUT2D eigenvalue weighted by Crippen LogP contribution is -2.32. The average Bonchev–Trinajstić information content (AvgIpc) is 3.02. The number of alkyl carbamates (subject to hydrolysis) is 1. The zero-order valence-corrected chi connectivity index (χ0v) is 29.7.